The predicted molar refractivity (Wildman–Crippen MR) is 83.2 cm³/mol. The van der Waals surface area contributed by atoms with E-state index >= 15 is 0 Å². The number of ether oxygens (including phenoxy) is 2. The number of hydrogen-bond donors (Lipinski definition) is 1. The van der Waals surface area contributed by atoms with Crippen molar-refractivity contribution in [1.29, 1.82) is 0 Å². The Morgan fingerprint density at radius 3 is 2.46 bits per heavy atom. The average Bonchev–Trinajstić information content (AvgIpc) is 2.55. The van der Waals surface area contributed by atoms with Gasteiger partial charge in [0.2, 0.25) is 0 Å². The highest BCUT2D eigenvalue weighted by Gasteiger charge is 2.41. The van der Waals surface area contributed by atoms with E-state index in [0.717, 1.165) is 25.3 Å². The van der Waals surface area contributed by atoms with E-state index < -0.39 is 34.4 Å². The molecule has 0 saturated heterocycles. The molecule has 0 spiro atoms. The van der Waals surface area contributed by atoms with Crippen LogP contribution in [-0.2, 0) is 15.7 Å². The number of nitrogens with one attached hydrogen (secondary N) is 1. The minimum Gasteiger partial charge on any atom is -0.437 e. The number of carbonyl (C=O) groups excluding carboxylic acids is 1. The Bertz CT molecular complexity index is 814. The van der Waals surface area contributed by atoms with Crippen LogP contribution in [0.15, 0.2) is 47.1 Å². The molecular formula is C16H15F3N2O5. The van der Waals surface area contributed by atoms with Gasteiger partial charge in [0.1, 0.15) is 11.7 Å². The van der Waals surface area contributed by atoms with Crippen molar-refractivity contribution in [3.8, 4) is 0 Å². The monoisotopic (exact) mass is 372 g/mol. The van der Waals surface area contributed by atoms with Crippen LogP contribution in [0.25, 0.3) is 0 Å². The lowest BCUT2D eigenvalue weighted by Crippen LogP contribution is -2.30. The van der Waals surface area contributed by atoms with Crippen molar-refractivity contribution in [3.63, 3.8) is 0 Å². The van der Waals surface area contributed by atoms with Crippen molar-refractivity contribution < 1.29 is 32.4 Å². The number of methoxy groups -OCH3 is 1. The standard InChI is InChI=1S/C16H15F3N2O5/c1-8-13(21(23)24)12(14(9(2)20-8)26-15(22)25-3)10-5-4-6-11(7-10)16(17,18)19/h4-7,12,20H,1-3H3. The van der Waals surface area contributed by atoms with E-state index in [4.69, 9.17) is 4.74 Å². The molecule has 0 radical (unpaired) electrons. The van der Waals surface area contributed by atoms with Gasteiger partial charge in [0.25, 0.3) is 5.70 Å². The lowest BCUT2D eigenvalue weighted by atomic mass is 9.88. The van der Waals surface area contributed by atoms with E-state index in [0.29, 0.717) is 0 Å². The van der Waals surface area contributed by atoms with Crippen molar-refractivity contribution in [1.82, 2.24) is 5.32 Å². The van der Waals surface area contributed by atoms with E-state index in [1.54, 1.807) is 0 Å². The largest absolute Gasteiger partial charge is 0.513 e. The molecule has 1 aliphatic heterocycles. The highest BCUT2D eigenvalue weighted by molar-refractivity contribution is 5.62. The maximum absolute atomic E-state index is 13.0. The molecule has 10 heteroatoms. The lowest BCUT2D eigenvalue weighted by molar-refractivity contribution is -0.431. The van der Waals surface area contributed by atoms with Crippen LogP contribution in [0.2, 0.25) is 0 Å². The zero-order valence-corrected chi connectivity index (χ0v) is 14.0. The molecule has 140 valence electrons. The van der Waals surface area contributed by atoms with Gasteiger partial charge in [-0.25, -0.2) is 4.79 Å². The van der Waals surface area contributed by atoms with Crippen LogP contribution >= 0.6 is 0 Å². The fourth-order valence-electron chi connectivity index (χ4n) is 2.68. The van der Waals surface area contributed by atoms with Crippen molar-refractivity contribution in [2.75, 3.05) is 7.11 Å². The van der Waals surface area contributed by atoms with Crippen LogP contribution in [0.5, 0.6) is 0 Å². The van der Waals surface area contributed by atoms with Gasteiger partial charge in [-0.3, -0.25) is 10.1 Å². The maximum atomic E-state index is 13.0. The molecule has 0 amide bonds. The summed E-state index contributed by atoms with van der Waals surface area (Å²) >= 11 is 0. The van der Waals surface area contributed by atoms with Crippen LogP contribution in [0.4, 0.5) is 18.0 Å². The Kier molecular flexibility index (Phi) is 5.24. The Morgan fingerprint density at radius 2 is 1.92 bits per heavy atom. The summed E-state index contributed by atoms with van der Waals surface area (Å²) in [6.07, 6.45) is -5.76. The third kappa shape index (κ3) is 3.79. The Morgan fingerprint density at radius 1 is 1.27 bits per heavy atom. The first-order valence-corrected chi connectivity index (χ1v) is 7.32. The predicted octanol–water partition coefficient (Wildman–Crippen LogP) is 3.91. The summed E-state index contributed by atoms with van der Waals surface area (Å²) in [6.45, 7) is 2.90. The molecule has 1 aromatic carbocycles. The molecule has 0 fully saturated rings. The van der Waals surface area contributed by atoms with Crippen LogP contribution in [0, 0.1) is 10.1 Å². The first-order chi connectivity index (χ1) is 12.1. The highest BCUT2D eigenvalue weighted by atomic mass is 19.4. The van der Waals surface area contributed by atoms with Gasteiger partial charge < -0.3 is 14.8 Å². The van der Waals surface area contributed by atoms with E-state index in [9.17, 15) is 28.1 Å². The van der Waals surface area contributed by atoms with E-state index in [-0.39, 0.29) is 22.7 Å². The molecular weight excluding hydrogens is 357 g/mol. The van der Waals surface area contributed by atoms with Gasteiger partial charge in [-0.1, -0.05) is 18.2 Å². The third-order valence-electron chi connectivity index (χ3n) is 3.77. The SMILES string of the molecule is COC(=O)OC1=C(C)NC(C)=C([N+](=O)[O-])C1c1cccc(C(F)(F)F)c1. The number of nitrogens with zero attached hydrogens (tertiary/aromatic N) is 1. The van der Waals surface area contributed by atoms with Crippen LogP contribution < -0.4 is 5.32 Å². The molecule has 0 bridgehead atoms. The molecule has 0 aliphatic carbocycles. The number of dihydropyridines is 1. The van der Waals surface area contributed by atoms with Crippen molar-refractivity contribution >= 4 is 6.16 Å². The van der Waals surface area contributed by atoms with Crippen molar-refractivity contribution in [2.24, 2.45) is 0 Å². The third-order valence-corrected chi connectivity index (χ3v) is 3.77. The second kappa shape index (κ2) is 7.06. The summed E-state index contributed by atoms with van der Waals surface area (Å²) in [5.41, 5.74) is -1.04. The molecule has 1 N–H and O–H groups in total. The lowest BCUT2D eigenvalue weighted by Gasteiger charge is -2.26. The number of hydrogen-bond acceptors (Lipinski definition) is 6. The Balaban J connectivity index is 2.65. The molecule has 1 aliphatic rings. The van der Waals surface area contributed by atoms with E-state index in [1.165, 1.54) is 19.9 Å². The number of rotatable bonds is 3. The number of alkyl halides is 3. The minimum atomic E-state index is -4.63. The Hall–Kier alpha value is -3.04. The van der Waals surface area contributed by atoms with E-state index in [2.05, 4.69) is 10.1 Å². The van der Waals surface area contributed by atoms with Gasteiger partial charge in [-0.05, 0) is 25.5 Å². The topological polar surface area (TPSA) is 90.7 Å². The van der Waals surface area contributed by atoms with Crippen molar-refractivity contribution in [3.05, 3.63) is 68.4 Å². The fraction of sp³-hybridized carbons (Fsp3) is 0.312. The summed E-state index contributed by atoms with van der Waals surface area (Å²) < 4.78 is 48.5. The summed E-state index contributed by atoms with van der Waals surface area (Å²) in [5, 5.41) is 14.2. The second-order valence-corrected chi connectivity index (χ2v) is 5.49. The summed E-state index contributed by atoms with van der Waals surface area (Å²) in [5.74, 6) is -1.51. The van der Waals surface area contributed by atoms with Crippen LogP contribution in [0.3, 0.4) is 0 Å². The first-order valence-electron chi connectivity index (χ1n) is 7.32. The zero-order valence-electron chi connectivity index (χ0n) is 14.0. The molecule has 1 heterocycles. The van der Waals surface area contributed by atoms with Gasteiger partial charge in [0, 0.05) is 0 Å². The highest BCUT2D eigenvalue weighted by Crippen LogP contribution is 2.40. The molecule has 1 atom stereocenters. The first kappa shape index (κ1) is 19.3. The zero-order chi connectivity index (χ0) is 19.6. The number of carbonyl (C=O) groups is 1. The van der Waals surface area contributed by atoms with Crippen LogP contribution in [0.1, 0.15) is 30.9 Å². The van der Waals surface area contributed by atoms with E-state index in [1.807, 2.05) is 0 Å². The summed E-state index contributed by atoms with van der Waals surface area (Å²) in [7, 11) is 1.04. The quantitative estimate of drug-likeness (QED) is 0.491. The summed E-state index contributed by atoms with van der Waals surface area (Å²) in [6, 6.07) is 4.08. The second-order valence-electron chi connectivity index (χ2n) is 5.49. The molecule has 26 heavy (non-hydrogen) atoms. The van der Waals surface area contributed by atoms with Gasteiger partial charge in [0.05, 0.1) is 29.0 Å². The Labute approximate surface area is 146 Å². The number of benzene rings is 1. The molecule has 2 rings (SSSR count). The van der Waals surface area contributed by atoms with Crippen LogP contribution in [-0.4, -0.2) is 18.2 Å². The number of nitro groups is 1. The van der Waals surface area contributed by atoms with Gasteiger partial charge in [-0.2, -0.15) is 13.2 Å². The van der Waals surface area contributed by atoms with Gasteiger partial charge in [0.15, 0.2) is 0 Å². The van der Waals surface area contributed by atoms with Crippen molar-refractivity contribution in [2.45, 2.75) is 25.9 Å². The minimum absolute atomic E-state index is 0.0365. The molecule has 7 nitrogen and oxygen atoms in total. The molecule has 1 unspecified atom stereocenters. The maximum Gasteiger partial charge on any atom is 0.513 e. The normalized spacial score (nSPS) is 17.7. The average molecular weight is 372 g/mol. The smallest absolute Gasteiger partial charge is 0.437 e. The molecule has 0 aromatic heterocycles. The number of allylic oxidation sites excluding steroid dienone is 2. The number of halogens is 3. The fourth-order valence-corrected chi connectivity index (χ4v) is 2.68. The van der Waals surface area contributed by atoms with Gasteiger partial charge >= 0.3 is 12.3 Å². The molecule has 1 aromatic rings. The summed E-state index contributed by atoms with van der Waals surface area (Å²) in [4.78, 5) is 22.3. The van der Waals surface area contributed by atoms with Gasteiger partial charge in [-0.15, -0.1) is 0 Å². The molecule has 0 saturated carbocycles.